The lowest BCUT2D eigenvalue weighted by Crippen LogP contribution is -2.40. The third kappa shape index (κ3) is 6.90. The highest BCUT2D eigenvalue weighted by molar-refractivity contribution is 7.99. The lowest BCUT2D eigenvalue weighted by Gasteiger charge is -2.15. The van der Waals surface area contributed by atoms with Gasteiger partial charge in [0.15, 0.2) is 0 Å². The van der Waals surface area contributed by atoms with Crippen molar-refractivity contribution in [2.75, 3.05) is 18.6 Å². The molecular weight excluding hydrogens is 184 g/mol. The SMILES string of the molecule is CCCCC(CN)NC(=O)CSC. The average Bonchev–Trinajstić information content (AvgIpc) is 2.12. The number of carbonyl (C=O) groups is 1. The smallest absolute Gasteiger partial charge is 0.230 e. The Morgan fingerprint density at radius 1 is 1.62 bits per heavy atom. The third-order valence-electron chi connectivity index (χ3n) is 1.83. The van der Waals surface area contributed by atoms with Gasteiger partial charge in [-0.1, -0.05) is 19.8 Å². The zero-order valence-corrected chi connectivity index (χ0v) is 9.32. The average molecular weight is 204 g/mol. The van der Waals surface area contributed by atoms with Gasteiger partial charge in [-0.05, 0) is 12.7 Å². The second-order valence-corrected chi connectivity index (χ2v) is 3.94. The van der Waals surface area contributed by atoms with Crippen LogP contribution in [-0.4, -0.2) is 30.5 Å². The predicted octanol–water partition coefficient (Wildman–Crippen LogP) is 0.983. The van der Waals surface area contributed by atoms with Gasteiger partial charge < -0.3 is 11.1 Å². The molecule has 0 aromatic rings. The molecule has 4 heteroatoms. The summed E-state index contributed by atoms with van der Waals surface area (Å²) in [4.78, 5) is 11.2. The molecular formula is C9H20N2OS. The minimum absolute atomic E-state index is 0.0963. The van der Waals surface area contributed by atoms with Gasteiger partial charge in [0, 0.05) is 12.6 Å². The predicted molar refractivity (Wildman–Crippen MR) is 58.9 cm³/mol. The van der Waals surface area contributed by atoms with Crippen molar-refractivity contribution in [3.8, 4) is 0 Å². The van der Waals surface area contributed by atoms with Gasteiger partial charge in [0.1, 0.15) is 0 Å². The summed E-state index contributed by atoms with van der Waals surface area (Å²) in [5.41, 5.74) is 5.54. The van der Waals surface area contributed by atoms with Crippen LogP contribution < -0.4 is 11.1 Å². The van der Waals surface area contributed by atoms with Crippen molar-refractivity contribution < 1.29 is 4.79 Å². The van der Waals surface area contributed by atoms with E-state index in [2.05, 4.69) is 12.2 Å². The zero-order valence-electron chi connectivity index (χ0n) is 8.51. The molecule has 0 aromatic carbocycles. The molecule has 0 saturated carbocycles. The Hall–Kier alpha value is -0.220. The van der Waals surface area contributed by atoms with E-state index in [1.54, 1.807) is 0 Å². The lowest BCUT2D eigenvalue weighted by molar-refractivity contribution is -0.119. The fourth-order valence-electron chi connectivity index (χ4n) is 1.10. The first-order valence-electron chi connectivity index (χ1n) is 4.73. The van der Waals surface area contributed by atoms with Crippen molar-refractivity contribution in [1.82, 2.24) is 5.32 Å². The van der Waals surface area contributed by atoms with Crippen molar-refractivity contribution in [2.45, 2.75) is 32.2 Å². The van der Waals surface area contributed by atoms with Crippen LogP contribution in [0.25, 0.3) is 0 Å². The van der Waals surface area contributed by atoms with Gasteiger partial charge in [0.25, 0.3) is 0 Å². The second-order valence-electron chi connectivity index (χ2n) is 3.08. The van der Waals surface area contributed by atoms with Crippen LogP contribution in [0.15, 0.2) is 0 Å². The Kier molecular flexibility index (Phi) is 8.24. The van der Waals surface area contributed by atoms with Gasteiger partial charge in [-0.25, -0.2) is 0 Å². The molecule has 0 aliphatic carbocycles. The summed E-state index contributed by atoms with van der Waals surface area (Å²) >= 11 is 1.53. The molecule has 1 unspecified atom stereocenters. The van der Waals surface area contributed by atoms with E-state index in [1.165, 1.54) is 11.8 Å². The van der Waals surface area contributed by atoms with Gasteiger partial charge in [0.2, 0.25) is 5.91 Å². The topological polar surface area (TPSA) is 55.1 Å². The Labute approximate surface area is 84.8 Å². The summed E-state index contributed by atoms with van der Waals surface area (Å²) < 4.78 is 0. The number of unbranched alkanes of at least 4 members (excludes halogenated alkanes) is 1. The van der Waals surface area contributed by atoms with E-state index in [1.807, 2.05) is 6.26 Å². The molecule has 0 rings (SSSR count). The molecule has 1 atom stereocenters. The van der Waals surface area contributed by atoms with Gasteiger partial charge >= 0.3 is 0 Å². The number of carbonyl (C=O) groups excluding carboxylic acids is 1. The molecule has 0 saturated heterocycles. The van der Waals surface area contributed by atoms with Gasteiger partial charge in [-0.2, -0.15) is 11.8 Å². The van der Waals surface area contributed by atoms with E-state index in [9.17, 15) is 4.79 Å². The molecule has 0 aliphatic heterocycles. The minimum atomic E-state index is 0.0963. The van der Waals surface area contributed by atoms with Gasteiger partial charge in [-0.3, -0.25) is 4.79 Å². The monoisotopic (exact) mass is 204 g/mol. The van der Waals surface area contributed by atoms with Crippen molar-refractivity contribution in [1.29, 1.82) is 0 Å². The van der Waals surface area contributed by atoms with Crippen molar-refractivity contribution >= 4 is 17.7 Å². The van der Waals surface area contributed by atoms with E-state index in [0.29, 0.717) is 12.3 Å². The van der Waals surface area contributed by atoms with E-state index in [0.717, 1.165) is 19.3 Å². The first-order valence-corrected chi connectivity index (χ1v) is 6.12. The van der Waals surface area contributed by atoms with Crippen molar-refractivity contribution in [3.63, 3.8) is 0 Å². The number of thioether (sulfide) groups is 1. The second kappa shape index (κ2) is 8.38. The highest BCUT2D eigenvalue weighted by atomic mass is 32.2. The maximum Gasteiger partial charge on any atom is 0.230 e. The van der Waals surface area contributed by atoms with Gasteiger partial charge in [-0.15, -0.1) is 0 Å². The zero-order chi connectivity index (χ0) is 10.1. The summed E-state index contributed by atoms with van der Waals surface area (Å²) in [7, 11) is 0. The summed E-state index contributed by atoms with van der Waals surface area (Å²) in [6, 6.07) is 0.166. The first-order chi connectivity index (χ1) is 6.24. The van der Waals surface area contributed by atoms with Crippen LogP contribution in [-0.2, 0) is 4.79 Å². The molecule has 0 fully saturated rings. The molecule has 3 N–H and O–H groups in total. The van der Waals surface area contributed by atoms with E-state index >= 15 is 0 Å². The number of nitrogens with one attached hydrogen (secondary N) is 1. The van der Waals surface area contributed by atoms with Crippen LogP contribution >= 0.6 is 11.8 Å². The number of hydrogen-bond acceptors (Lipinski definition) is 3. The summed E-state index contributed by atoms with van der Waals surface area (Å²) in [5, 5.41) is 2.92. The van der Waals surface area contributed by atoms with Crippen molar-refractivity contribution in [3.05, 3.63) is 0 Å². The molecule has 13 heavy (non-hydrogen) atoms. The summed E-state index contributed by atoms with van der Waals surface area (Å²) in [5.74, 6) is 0.627. The molecule has 3 nitrogen and oxygen atoms in total. The standard InChI is InChI=1S/C9H20N2OS/c1-3-4-5-8(6-10)11-9(12)7-13-2/h8H,3-7,10H2,1-2H3,(H,11,12). The Bertz CT molecular complexity index is 142. The van der Waals surface area contributed by atoms with E-state index in [4.69, 9.17) is 5.73 Å². The normalized spacial score (nSPS) is 12.5. The Balaban J connectivity index is 3.62. The Morgan fingerprint density at radius 2 is 2.31 bits per heavy atom. The van der Waals surface area contributed by atoms with Crippen LogP contribution in [0.1, 0.15) is 26.2 Å². The van der Waals surface area contributed by atoms with Crippen LogP contribution in [0.5, 0.6) is 0 Å². The highest BCUT2D eigenvalue weighted by Crippen LogP contribution is 2.00. The number of nitrogens with two attached hydrogens (primary N) is 1. The van der Waals surface area contributed by atoms with Crippen LogP contribution in [0.3, 0.4) is 0 Å². The summed E-state index contributed by atoms with van der Waals surface area (Å²) in [6.07, 6.45) is 5.19. The molecule has 0 radical (unpaired) electrons. The number of hydrogen-bond donors (Lipinski definition) is 2. The van der Waals surface area contributed by atoms with Gasteiger partial charge in [0.05, 0.1) is 5.75 Å². The number of amides is 1. The quantitative estimate of drug-likeness (QED) is 0.650. The minimum Gasteiger partial charge on any atom is -0.351 e. The van der Waals surface area contributed by atoms with E-state index in [-0.39, 0.29) is 11.9 Å². The van der Waals surface area contributed by atoms with Crippen LogP contribution in [0, 0.1) is 0 Å². The van der Waals surface area contributed by atoms with E-state index < -0.39 is 0 Å². The largest absolute Gasteiger partial charge is 0.351 e. The third-order valence-corrected chi connectivity index (χ3v) is 2.38. The fraction of sp³-hybridized carbons (Fsp3) is 0.889. The van der Waals surface area contributed by atoms with Crippen LogP contribution in [0.4, 0.5) is 0 Å². The Morgan fingerprint density at radius 3 is 2.77 bits per heavy atom. The molecule has 1 amide bonds. The maximum absolute atomic E-state index is 11.2. The van der Waals surface area contributed by atoms with Crippen molar-refractivity contribution in [2.24, 2.45) is 5.73 Å². The fourth-order valence-corrected chi connectivity index (χ4v) is 1.45. The maximum atomic E-state index is 11.2. The molecule has 0 aliphatic rings. The molecule has 0 aromatic heterocycles. The first kappa shape index (κ1) is 12.8. The molecule has 0 spiro atoms. The molecule has 78 valence electrons. The van der Waals surface area contributed by atoms with Crippen LogP contribution in [0.2, 0.25) is 0 Å². The number of rotatable bonds is 7. The highest BCUT2D eigenvalue weighted by Gasteiger charge is 2.08. The molecule has 0 heterocycles. The summed E-state index contributed by atoms with van der Waals surface area (Å²) in [6.45, 7) is 2.68. The lowest BCUT2D eigenvalue weighted by atomic mass is 10.1. The molecule has 0 bridgehead atoms.